The molecule has 1 aromatic heterocycles. The van der Waals surface area contributed by atoms with Gasteiger partial charge in [0.2, 0.25) is 5.91 Å². The van der Waals surface area contributed by atoms with E-state index >= 15 is 0 Å². The van der Waals surface area contributed by atoms with Crippen LogP contribution in [0.15, 0.2) is 90.2 Å². The summed E-state index contributed by atoms with van der Waals surface area (Å²) in [6.45, 7) is 5.72. The summed E-state index contributed by atoms with van der Waals surface area (Å²) >= 11 is 0. The number of hydrogen-bond acceptors (Lipinski definition) is 3. The first-order chi connectivity index (χ1) is 16.0. The van der Waals surface area contributed by atoms with Crippen molar-refractivity contribution >= 4 is 11.6 Å². The molecule has 1 aliphatic rings. The first-order valence-corrected chi connectivity index (χ1v) is 11.2. The number of hydrogen-bond donors (Lipinski definition) is 0. The predicted molar refractivity (Wildman–Crippen MR) is 131 cm³/mol. The molecule has 1 aliphatic heterocycles. The van der Waals surface area contributed by atoms with Crippen molar-refractivity contribution in [3.8, 4) is 16.9 Å². The third-order valence-electron chi connectivity index (χ3n) is 6.00. The van der Waals surface area contributed by atoms with Crippen molar-refractivity contribution in [2.45, 2.75) is 33.2 Å². The molecule has 0 fully saturated rings. The van der Waals surface area contributed by atoms with E-state index in [1.165, 1.54) is 11.1 Å². The van der Waals surface area contributed by atoms with E-state index in [2.05, 4.69) is 50.2 Å². The normalized spacial score (nSPS) is 15.5. The van der Waals surface area contributed by atoms with Crippen molar-refractivity contribution in [3.05, 3.63) is 107 Å². The first kappa shape index (κ1) is 20.9. The van der Waals surface area contributed by atoms with E-state index in [1.54, 1.807) is 11.9 Å². The van der Waals surface area contributed by atoms with Gasteiger partial charge in [0.1, 0.15) is 0 Å². The molecule has 0 aliphatic carbocycles. The monoisotopic (exact) mass is 434 g/mol. The number of aryl methyl sites for hydroxylation is 2. The Morgan fingerprint density at radius 3 is 2.21 bits per heavy atom. The maximum absolute atomic E-state index is 12.6. The number of benzene rings is 3. The van der Waals surface area contributed by atoms with Crippen LogP contribution in [0.25, 0.3) is 16.9 Å². The molecular weight excluding hydrogens is 408 g/mol. The van der Waals surface area contributed by atoms with Gasteiger partial charge in [-0.15, -0.1) is 0 Å². The smallest absolute Gasteiger partial charge is 0.240 e. The second-order valence-electron chi connectivity index (χ2n) is 8.58. The van der Waals surface area contributed by atoms with E-state index in [9.17, 15) is 4.79 Å². The second-order valence-corrected chi connectivity index (χ2v) is 8.58. The molecule has 1 amide bonds. The maximum Gasteiger partial charge on any atom is 0.240 e. The zero-order valence-electron chi connectivity index (χ0n) is 19.1. The number of rotatable bonds is 4. The summed E-state index contributed by atoms with van der Waals surface area (Å²) in [6.07, 6.45) is 2.69. The van der Waals surface area contributed by atoms with Crippen LogP contribution in [0.5, 0.6) is 0 Å². The number of hydrazone groups is 1. The number of amides is 1. The largest absolute Gasteiger partial charge is 0.273 e. The van der Waals surface area contributed by atoms with Crippen LogP contribution in [0.4, 0.5) is 0 Å². The number of carbonyl (C=O) groups is 1. The Balaban J connectivity index is 1.63. The molecule has 4 aromatic rings. The van der Waals surface area contributed by atoms with Crippen molar-refractivity contribution in [3.63, 3.8) is 0 Å². The summed E-state index contributed by atoms with van der Waals surface area (Å²) < 4.78 is 1.90. The van der Waals surface area contributed by atoms with Gasteiger partial charge < -0.3 is 0 Å². The minimum atomic E-state index is -0.217. The van der Waals surface area contributed by atoms with Gasteiger partial charge in [0.25, 0.3) is 0 Å². The van der Waals surface area contributed by atoms with E-state index in [4.69, 9.17) is 10.2 Å². The summed E-state index contributed by atoms with van der Waals surface area (Å²) in [5.74, 6) is -0.0784. The molecule has 0 radical (unpaired) electrons. The molecule has 1 atom stereocenters. The van der Waals surface area contributed by atoms with Gasteiger partial charge >= 0.3 is 0 Å². The lowest BCUT2D eigenvalue weighted by atomic mass is 9.95. The Hall–Kier alpha value is -3.99. The highest BCUT2D eigenvalue weighted by molar-refractivity contribution is 6.03. The molecular formula is C28H26N4O. The average molecular weight is 435 g/mol. The van der Waals surface area contributed by atoms with Gasteiger partial charge in [-0.2, -0.15) is 10.2 Å². The Kier molecular flexibility index (Phi) is 5.38. The number of nitrogens with zero attached hydrogens (tertiary/aromatic N) is 4. The molecule has 0 unspecified atom stereocenters. The van der Waals surface area contributed by atoms with E-state index in [-0.39, 0.29) is 11.9 Å². The fraction of sp³-hybridized carbons (Fsp3) is 0.179. The number of para-hydroxylation sites is 1. The summed E-state index contributed by atoms with van der Waals surface area (Å²) in [6, 6.07) is 26.4. The third-order valence-corrected chi connectivity index (χ3v) is 6.00. The second kappa shape index (κ2) is 8.51. The lowest BCUT2D eigenvalue weighted by molar-refractivity contribution is -0.130. The maximum atomic E-state index is 12.6. The van der Waals surface area contributed by atoms with Gasteiger partial charge in [-0.1, -0.05) is 71.8 Å². The molecule has 5 rings (SSSR count). The van der Waals surface area contributed by atoms with E-state index in [1.807, 2.05) is 53.3 Å². The molecule has 5 heteroatoms. The van der Waals surface area contributed by atoms with Crippen LogP contribution in [0.2, 0.25) is 0 Å². The third kappa shape index (κ3) is 4.10. The van der Waals surface area contributed by atoms with Gasteiger partial charge in [-0.25, -0.2) is 9.69 Å². The number of aromatic nitrogens is 2. The Labute approximate surface area is 194 Å². The van der Waals surface area contributed by atoms with Crippen LogP contribution in [0.1, 0.15) is 41.6 Å². The molecule has 0 saturated carbocycles. The molecule has 0 saturated heterocycles. The van der Waals surface area contributed by atoms with Gasteiger partial charge in [0.15, 0.2) is 0 Å². The molecule has 5 nitrogen and oxygen atoms in total. The van der Waals surface area contributed by atoms with Gasteiger partial charge in [-0.3, -0.25) is 4.79 Å². The highest BCUT2D eigenvalue weighted by Gasteiger charge is 2.34. The number of carbonyl (C=O) groups excluding carboxylic acids is 1. The summed E-state index contributed by atoms with van der Waals surface area (Å²) in [5, 5.41) is 11.3. The standard InChI is InChI=1S/C28H26N4O/c1-19-9-7-11-22(15-19)26-17-27(32(29-26)21(3)33)25-18-31(24-13-5-4-6-14-24)30-28(25)23-12-8-10-20(2)16-23/h4-16,18,27H,17H2,1-3H3/t27-/m1/s1. The first-order valence-electron chi connectivity index (χ1n) is 11.2. The van der Waals surface area contributed by atoms with E-state index < -0.39 is 0 Å². The van der Waals surface area contributed by atoms with Crippen LogP contribution >= 0.6 is 0 Å². The van der Waals surface area contributed by atoms with Gasteiger partial charge in [0, 0.05) is 30.7 Å². The quantitative estimate of drug-likeness (QED) is 0.404. The zero-order valence-corrected chi connectivity index (χ0v) is 19.1. The van der Waals surface area contributed by atoms with Crippen LogP contribution in [-0.2, 0) is 4.79 Å². The van der Waals surface area contributed by atoms with Crippen LogP contribution < -0.4 is 0 Å². The summed E-state index contributed by atoms with van der Waals surface area (Å²) in [5.41, 5.74) is 8.19. The lowest BCUT2D eigenvalue weighted by Gasteiger charge is -2.20. The molecule has 0 bridgehead atoms. The topological polar surface area (TPSA) is 50.5 Å². The minimum Gasteiger partial charge on any atom is -0.273 e. The van der Waals surface area contributed by atoms with Crippen molar-refractivity contribution in [2.75, 3.05) is 0 Å². The molecule has 33 heavy (non-hydrogen) atoms. The van der Waals surface area contributed by atoms with Crippen molar-refractivity contribution in [2.24, 2.45) is 5.10 Å². The molecule has 2 heterocycles. The minimum absolute atomic E-state index is 0.0784. The van der Waals surface area contributed by atoms with Crippen LogP contribution in [-0.4, -0.2) is 26.4 Å². The Morgan fingerprint density at radius 1 is 0.879 bits per heavy atom. The Morgan fingerprint density at radius 2 is 1.55 bits per heavy atom. The molecule has 0 spiro atoms. The van der Waals surface area contributed by atoms with Crippen molar-refractivity contribution < 1.29 is 4.79 Å². The van der Waals surface area contributed by atoms with Crippen LogP contribution in [0, 0.1) is 13.8 Å². The Bertz CT molecular complexity index is 1350. The SMILES string of the molecule is CC(=O)N1N=C(c2cccc(C)c2)C[C@@H]1c1cn(-c2ccccc2)nc1-c1cccc(C)c1. The van der Waals surface area contributed by atoms with Crippen LogP contribution in [0.3, 0.4) is 0 Å². The molecule has 3 aromatic carbocycles. The molecule has 0 N–H and O–H groups in total. The van der Waals surface area contributed by atoms with E-state index in [0.29, 0.717) is 6.42 Å². The summed E-state index contributed by atoms with van der Waals surface area (Å²) in [4.78, 5) is 12.6. The molecule has 164 valence electrons. The average Bonchev–Trinajstić information content (AvgIpc) is 3.45. The van der Waals surface area contributed by atoms with Crippen molar-refractivity contribution in [1.29, 1.82) is 0 Å². The predicted octanol–water partition coefficient (Wildman–Crippen LogP) is 5.85. The highest BCUT2D eigenvalue weighted by atomic mass is 16.2. The van der Waals surface area contributed by atoms with E-state index in [0.717, 1.165) is 33.8 Å². The fourth-order valence-corrected chi connectivity index (χ4v) is 4.40. The summed E-state index contributed by atoms with van der Waals surface area (Å²) in [7, 11) is 0. The van der Waals surface area contributed by atoms with Gasteiger partial charge in [-0.05, 0) is 37.6 Å². The fourth-order valence-electron chi connectivity index (χ4n) is 4.40. The zero-order chi connectivity index (χ0) is 22.9. The lowest BCUT2D eigenvalue weighted by Crippen LogP contribution is -2.24. The van der Waals surface area contributed by atoms with Crippen molar-refractivity contribution in [1.82, 2.24) is 14.8 Å². The highest BCUT2D eigenvalue weighted by Crippen LogP contribution is 2.38. The van der Waals surface area contributed by atoms with Gasteiger partial charge in [0.05, 0.1) is 23.1 Å².